The van der Waals surface area contributed by atoms with Crippen LogP contribution in [0.1, 0.15) is 16.1 Å². The number of nitrogens with one attached hydrogen (secondary N) is 1. The van der Waals surface area contributed by atoms with Crippen LogP contribution in [0.2, 0.25) is 0 Å². The third kappa shape index (κ3) is 2.25. The highest BCUT2D eigenvalue weighted by Gasteiger charge is 2.11. The van der Waals surface area contributed by atoms with Crippen molar-refractivity contribution in [2.75, 3.05) is 11.1 Å². The molecular formula is C11H13N5O. The lowest BCUT2D eigenvalue weighted by molar-refractivity contribution is 0.102. The zero-order chi connectivity index (χ0) is 12.4. The fourth-order valence-corrected chi connectivity index (χ4v) is 1.52. The Hall–Kier alpha value is -2.37. The van der Waals surface area contributed by atoms with Gasteiger partial charge < -0.3 is 11.1 Å². The number of nitrogen functional groups attached to an aromatic ring is 1. The van der Waals surface area contributed by atoms with Crippen LogP contribution in [0, 0.1) is 6.92 Å². The Morgan fingerprint density at radius 1 is 1.53 bits per heavy atom. The van der Waals surface area contributed by atoms with E-state index in [0.29, 0.717) is 17.1 Å². The molecule has 0 atom stereocenters. The van der Waals surface area contributed by atoms with Crippen LogP contribution < -0.4 is 11.1 Å². The molecule has 0 radical (unpaired) electrons. The molecule has 88 valence electrons. The van der Waals surface area contributed by atoms with Crippen LogP contribution in [0.25, 0.3) is 0 Å². The summed E-state index contributed by atoms with van der Waals surface area (Å²) in [5.74, 6) is 0.358. The lowest BCUT2D eigenvalue weighted by Crippen LogP contribution is -2.16. The van der Waals surface area contributed by atoms with Gasteiger partial charge in [-0.1, -0.05) is 0 Å². The van der Waals surface area contributed by atoms with Gasteiger partial charge in [0.1, 0.15) is 5.82 Å². The number of anilines is 2. The highest BCUT2D eigenvalue weighted by atomic mass is 16.1. The van der Waals surface area contributed by atoms with Crippen LogP contribution in [0.5, 0.6) is 0 Å². The molecule has 6 heteroatoms. The summed E-state index contributed by atoms with van der Waals surface area (Å²) in [6.07, 6.45) is 2.98. The van der Waals surface area contributed by atoms with Crippen LogP contribution >= 0.6 is 0 Å². The van der Waals surface area contributed by atoms with Gasteiger partial charge in [0.15, 0.2) is 0 Å². The second-order valence-electron chi connectivity index (χ2n) is 3.71. The van der Waals surface area contributed by atoms with E-state index in [9.17, 15) is 4.79 Å². The van der Waals surface area contributed by atoms with Crippen molar-refractivity contribution in [2.24, 2.45) is 7.05 Å². The van der Waals surface area contributed by atoms with Crippen molar-refractivity contribution >= 4 is 17.4 Å². The average molecular weight is 231 g/mol. The van der Waals surface area contributed by atoms with Crippen molar-refractivity contribution < 1.29 is 4.79 Å². The van der Waals surface area contributed by atoms with Crippen molar-refractivity contribution in [1.82, 2.24) is 14.8 Å². The van der Waals surface area contributed by atoms with Gasteiger partial charge in [0.25, 0.3) is 5.91 Å². The number of amides is 1. The predicted octanol–water partition coefficient (Wildman–Crippen LogP) is 0.958. The first-order valence-electron chi connectivity index (χ1n) is 5.09. The summed E-state index contributed by atoms with van der Waals surface area (Å²) in [4.78, 5) is 15.8. The number of rotatable bonds is 2. The molecule has 0 fully saturated rings. The summed E-state index contributed by atoms with van der Waals surface area (Å²) in [5.41, 5.74) is 7.26. The third-order valence-electron chi connectivity index (χ3n) is 2.34. The monoisotopic (exact) mass is 231 g/mol. The summed E-state index contributed by atoms with van der Waals surface area (Å²) in [5, 5.41) is 6.88. The smallest absolute Gasteiger partial charge is 0.259 e. The second kappa shape index (κ2) is 4.25. The van der Waals surface area contributed by atoms with E-state index in [1.807, 2.05) is 6.92 Å². The molecule has 0 spiro atoms. The van der Waals surface area contributed by atoms with Gasteiger partial charge in [-0.05, 0) is 13.0 Å². The first-order chi connectivity index (χ1) is 8.08. The Morgan fingerprint density at radius 2 is 2.29 bits per heavy atom. The fraction of sp³-hybridized carbons (Fsp3) is 0.182. The summed E-state index contributed by atoms with van der Waals surface area (Å²) < 4.78 is 1.60. The van der Waals surface area contributed by atoms with Crippen molar-refractivity contribution in [2.45, 2.75) is 6.92 Å². The van der Waals surface area contributed by atoms with E-state index in [1.54, 1.807) is 23.9 Å². The number of hydrogen-bond acceptors (Lipinski definition) is 4. The van der Waals surface area contributed by atoms with E-state index in [4.69, 9.17) is 5.73 Å². The summed E-state index contributed by atoms with van der Waals surface area (Å²) in [6.45, 7) is 1.86. The third-order valence-corrected chi connectivity index (χ3v) is 2.34. The SMILES string of the molecule is Cc1cc(NC(=O)c2ccncc2N)n(C)n1. The standard InChI is InChI=1S/C11H13N5O/c1-7-5-10(16(2)15-7)14-11(17)8-3-4-13-6-9(8)12/h3-6H,12H2,1-2H3,(H,14,17). The number of aromatic nitrogens is 3. The maximum absolute atomic E-state index is 11.9. The zero-order valence-corrected chi connectivity index (χ0v) is 9.64. The van der Waals surface area contributed by atoms with E-state index in [0.717, 1.165) is 5.69 Å². The van der Waals surface area contributed by atoms with Crippen LogP contribution in [0.4, 0.5) is 11.5 Å². The molecule has 1 amide bonds. The number of carbonyl (C=O) groups excluding carboxylic acids is 1. The van der Waals surface area contributed by atoms with E-state index in [2.05, 4.69) is 15.4 Å². The molecule has 6 nitrogen and oxygen atoms in total. The molecule has 0 aromatic carbocycles. The molecule has 0 saturated heterocycles. The highest BCUT2D eigenvalue weighted by molar-refractivity contribution is 6.07. The van der Waals surface area contributed by atoms with Crippen molar-refractivity contribution in [1.29, 1.82) is 0 Å². The van der Waals surface area contributed by atoms with Gasteiger partial charge in [0.05, 0.1) is 23.1 Å². The van der Waals surface area contributed by atoms with Gasteiger partial charge in [-0.3, -0.25) is 14.5 Å². The number of pyridine rings is 1. The molecule has 2 rings (SSSR count). The molecule has 0 unspecified atom stereocenters. The number of hydrogen-bond donors (Lipinski definition) is 2. The summed E-state index contributed by atoms with van der Waals surface area (Å²) >= 11 is 0. The number of nitrogens with zero attached hydrogens (tertiary/aromatic N) is 3. The molecule has 2 aromatic heterocycles. The van der Waals surface area contributed by atoms with Gasteiger partial charge >= 0.3 is 0 Å². The highest BCUT2D eigenvalue weighted by Crippen LogP contribution is 2.13. The average Bonchev–Trinajstić information content (AvgIpc) is 2.58. The number of carbonyl (C=O) groups is 1. The quantitative estimate of drug-likeness (QED) is 0.806. The maximum atomic E-state index is 11.9. The lowest BCUT2D eigenvalue weighted by atomic mass is 10.2. The Kier molecular flexibility index (Phi) is 2.78. The van der Waals surface area contributed by atoms with Crippen molar-refractivity contribution in [3.63, 3.8) is 0 Å². The molecule has 2 heterocycles. The van der Waals surface area contributed by atoms with E-state index >= 15 is 0 Å². The van der Waals surface area contributed by atoms with Gasteiger partial charge in [-0.15, -0.1) is 0 Å². The van der Waals surface area contributed by atoms with Crippen molar-refractivity contribution in [3.8, 4) is 0 Å². The molecule has 0 aliphatic carbocycles. The van der Waals surface area contributed by atoms with Crippen LogP contribution in [-0.2, 0) is 7.05 Å². The molecular weight excluding hydrogens is 218 g/mol. The van der Waals surface area contributed by atoms with Gasteiger partial charge in [0.2, 0.25) is 0 Å². The normalized spacial score (nSPS) is 10.2. The molecule has 2 aromatic rings. The minimum atomic E-state index is -0.270. The first kappa shape index (κ1) is 11.1. The van der Waals surface area contributed by atoms with Crippen LogP contribution in [-0.4, -0.2) is 20.7 Å². The summed E-state index contributed by atoms with van der Waals surface area (Å²) in [6, 6.07) is 3.36. The summed E-state index contributed by atoms with van der Waals surface area (Å²) in [7, 11) is 1.76. The molecule has 0 aliphatic heterocycles. The predicted molar refractivity (Wildman–Crippen MR) is 64.5 cm³/mol. The molecule has 0 bridgehead atoms. The molecule has 17 heavy (non-hydrogen) atoms. The van der Waals surface area contributed by atoms with Crippen LogP contribution in [0.15, 0.2) is 24.5 Å². The van der Waals surface area contributed by atoms with E-state index in [-0.39, 0.29) is 5.91 Å². The van der Waals surface area contributed by atoms with Gasteiger partial charge in [-0.25, -0.2) is 0 Å². The first-order valence-corrected chi connectivity index (χ1v) is 5.09. The molecule has 0 aliphatic rings. The Labute approximate surface area is 98.5 Å². The second-order valence-corrected chi connectivity index (χ2v) is 3.71. The van der Waals surface area contributed by atoms with Crippen molar-refractivity contribution in [3.05, 3.63) is 35.8 Å². The molecule has 0 saturated carbocycles. The Bertz CT molecular complexity index is 561. The fourth-order valence-electron chi connectivity index (χ4n) is 1.52. The molecule has 3 N–H and O–H groups in total. The Morgan fingerprint density at radius 3 is 2.88 bits per heavy atom. The number of nitrogens with two attached hydrogens (primary N) is 1. The lowest BCUT2D eigenvalue weighted by Gasteiger charge is -2.06. The van der Waals surface area contributed by atoms with Gasteiger partial charge in [0, 0.05) is 19.3 Å². The maximum Gasteiger partial charge on any atom is 0.259 e. The largest absolute Gasteiger partial charge is 0.397 e. The minimum Gasteiger partial charge on any atom is -0.397 e. The minimum absolute atomic E-state index is 0.270. The van der Waals surface area contributed by atoms with Crippen LogP contribution in [0.3, 0.4) is 0 Å². The van der Waals surface area contributed by atoms with Gasteiger partial charge in [-0.2, -0.15) is 5.10 Å². The zero-order valence-electron chi connectivity index (χ0n) is 9.64. The topological polar surface area (TPSA) is 85.8 Å². The number of aryl methyl sites for hydroxylation is 2. The Balaban J connectivity index is 2.23. The van der Waals surface area contributed by atoms with E-state index in [1.165, 1.54) is 12.4 Å². The van der Waals surface area contributed by atoms with E-state index < -0.39 is 0 Å².